The minimum Gasteiger partial charge on any atom is -0.623 e. The Morgan fingerprint density at radius 3 is 1.73 bits per heavy atom. The lowest BCUT2D eigenvalue weighted by Gasteiger charge is -2.29. The van der Waals surface area contributed by atoms with Crippen LogP contribution in [0.1, 0.15) is 92.3 Å². The first-order valence-electron chi connectivity index (χ1n) is 9.28. The van der Waals surface area contributed by atoms with Crippen molar-refractivity contribution in [3.63, 3.8) is 0 Å². The summed E-state index contributed by atoms with van der Waals surface area (Å²) in [6.45, 7) is 19.9. The van der Waals surface area contributed by atoms with E-state index < -0.39 is 5.54 Å². The van der Waals surface area contributed by atoms with Crippen LogP contribution in [0.2, 0.25) is 0 Å². The first-order chi connectivity index (χ1) is 11.6. The maximum Gasteiger partial charge on any atom is 0.310 e. The van der Waals surface area contributed by atoms with Crippen LogP contribution in [0.15, 0.2) is 12.1 Å². The summed E-state index contributed by atoms with van der Waals surface area (Å²) in [5.74, 6) is 0.375. The molecule has 0 saturated carbocycles. The molecule has 1 rings (SSSR count). The Morgan fingerprint density at radius 1 is 1.00 bits per heavy atom. The minimum absolute atomic E-state index is 0.233. The SMILES string of the molecule is CCC(=O)Oc1c(C(C)(C)C)cc(C=[N+]([O-])C(C)(C)C)cc1C(C)(C)C. The smallest absolute Gasteiger partial charge is 0.310 e. The van der Waals surface area contributed by atoms with Gasteiger partial charge in [0, 0.05) is 43.9 Å². The fraction of sp³-hybridized carbons (Fsp3) is 0.636. The van der Waals surface area contributed by atoms with Crippen molar-refractivity contribution < 1.29 is 14.3 Å². The average molecular weight is 362 g/mol. The van der Waals surface area contributed by atoms with Crippen molar-refractivity contribution in [1.82, 2.24) is 0 Å². The highest BCUT2D eigenvalue weighted by atomic mass is 16.5. The summed E-state index contributed by atoms with van der Waals surface area (Å²) < 4.78 is 6.73. The fourth-order valence-electron chi connectivity index (χ4n) is 2.46. The molecule has 0 atom stereocenters. The van der Waals surface area contributed by atoms with E-state index >= 15 is 0 Å². The Kier molecular flexibility index (Phi) is 6.33. The molecular formula is C22H35NO3. The van der Waals surface area contributed by atoms with Gasteiger partial charge in [0.2, 0.25) is 0 Å². The molecule has 0 bridgehead atoms. The average Bonchev–Trinajstić information content (AvgIpc) is 2.44. The van der Waals surface area contributed by atoms with Crippen LogP contribution in [0.5, 0.6) is 5.75 Å². The third-order valence-corrected chi connectivity index (χ3v) is 4.16. The van der Waals surface area contributed by atoms with Gasteiger partial charge in [0.15, 0.2) is 11.8 Å². The highest BCUT2D eigenvalue weighted by molar-refractivity contribution is 5.80. The van der Waals surface area contributed by atoms with Crippen molar-refractivity contribution in [3.05, 3.63) is 34.0 Å². The van der Waals surface area contributed by atoms with E-state index in [1.54, 1.807) is 13.1 Å². The summed E-state index contributed by atoms with van der Waals surface area (Å²) >= 11 is 0. The number of carbonyl (C=O) groups is 1. The molecule has 4 heteroatoms. The quantitative estimate of drug-likeness (QED) is 0.183. The van der Waals surface area contributed by atoms with Crippen LogP contribution in [0, 0.1) is 5.21 Å². The third kappa shape index (κ3) is 5.58. The lowest BCUT2D eigenvalue weighted by Crippen LogP contribution is -2.29. The van der Waals surface area contributed by atoms with Crippen molar-refractivity contribution in [3.8, 4) is 5.75 Å². The van der Waals surface area contributed by atoms with Crippen molar-refractivity contribution >= 4 is 12.2 Å². The normalized spacial score (nSPS) is 13.7. The Balaban J connectivity index is 3.78. The van der Waals surface area contributed by atoms with Crippen LogP contribution >= 0.6 is 0 Å². The van der Waals surface area contributed by atoms with Gasteiger partial charge in [-0.05, 0) is 23.0 Å². The number of hydrogen-bond donors (Lipinski definition) is 0. The van der Waals surface area contributed by atoms with Gasteiger partial charge in [0.05, 0.1) is 0 Å². The summed E-state index contributed by atoms with van der Waals surface area (Å²) in [4.78, 5) is 12.0. The topological polar surface area (TPSA) is 52.4 Å². The number of benzene rings is 1. The second-order valence-electron chi connectivity index (χ2n) is 9.90. The summed E-state index contributed by atoms with van der Waals surface area (Å²) in [6.07, 6.45) is 1.94. The molecule has 0 saturated heterocycles. The maximum absolute atomic E-state index is 12.4. The molecule has 0 spiro atoms. The summed E-state index contributed by atoms with van der Waals surface area (Å²) in [5, 5.41) is 12.4. The van der Waals surface area contributed by atoms with Crippen LogP contribution in [-0.2, 0) is 15.6 Å². The minimum atomic E-state index is -0.517. The van der Waals surface area contributed by atoms with Crippen LogP contribution < -0.4 is 4.74 Å². The van der Waals surface area contributed by atoms with Gasteiger partial charge in [-0.15, -0.1) is 0 Å². The molecule has 0 aliphatic carbocycles. The second-order valence-corrected chi connectivity index (χ2v) is 9.90. The number of rotatable bonds is 3. The fourth-order valence-corrected chi connectivity index (χ4v) is 2.46. The van der Waals surface area contributed by atoms with Gasteiger partial charge in [-0.3, -0.25) is 4.79 Å². The number of hydroxylamine groups is 1. The first-order valence-corrected chi connectivity index (χ1v) is 9.28. The molecule has 26 heavy (non-hydrogen) atoms. The lowest BCUT2D eigenvalue weighted by molar-refractivity contribution is -0.530. The highest BCUT2D eigenvalue weighted by Crippen LogP contribution is 2.40. The highest BCUT2D eigenvalue weighted by Gasteiger charge is 2.29. The zero-order valence-corrected chi connectivity index (χ0v) is 18.1. The molecule has 0 fully saturated rings. The van der Waals surface area contributed by atoms with Gasteiger partial charge < -0.3 is 9.94 Å². The summed E-state index contributed by atoms with van der Waals surface area (Å²) in [7, 11) is 0. The predicted molar refractivity (Wildman–Crippen MR) is 108 cm³/mol. The molecule has 4 nitrogen and oxygen atoms in total. The zero-order valence-electron chi connectivity index (χ0n) is 18.1. The van der Waals surface area contributed by atoms with E-state index in [0.29, 0.717) is 12.2 Å². The zero-order chi connectivity index (χ0) is 20.5. The standard InChI is InChI=1S/C22H35NO3/c1-11-18(24)26-19-16(20(2,3)4)12-15(13-17(19)21(5,6)7)14-23(25)22(8,9)10/h12-14H,11H2,1-10H3. The third-order valence-electron chi connectivity index (χ3n) is 4.16. The Bertz CT molecular complexity index is 661. The van der Waals surface area contributed by atoms with Crippen molar-refractivity contribution in [2.45, 2.75) is 92.0 Å². The van der Waals surface area contributed by atoms with Gasteiger partial charge in [0.25, 0.3) is 0 Å². The molecule has 1 aromatic carbocycles. The van der Waals surface area contributed by atoms with Gasteiger partial charge >= 0.3 is 5.97 Å². The van der Waals surface area contributed by atoms with Crippen LogP contribution in [0.4, 0.5) is 0 Å². The van der Waals surface area contributed by atoms with Crippen molar-refractivity contribution in [1.29, 1.82) is 0 Å². The van der Waals surface area contributed by atoms with E-state index in [9.17, 15) is 10.0 Å². The van der Waals surface area contributed by atoms with E-state index in [1.165, 1.54) is 0 Å². The lowest BCUT2D eigenvalue weighted by atomic mass is 9.78. The Labute approximate surface area is 158 Å². The maximum atomic E-state index is 12.4. The first kappa shape index (κ1) is 22.2. The van der Waals surface area contributed by atoms with Gasteiger partial charge in [-0.1, -0.05) is 48.5 Å². The largest absolute Gasteiger partial charge is 0.623 e. The molecular weight excluding hydrogens is 326 g/mol. The Morgan fingerprint density at radius 2 is 1.42 bits per heavy atom. The van der Waals surface area contributed by atoms with Crippen LogP contribution in [0.3, 0.4) is 0 Å². The predicted octanol–water partition coefficient (Wildman–Crippen LogP) is 5.32. The summed E-state index contributed by atoms with van der Waals surface area (Å²) in [5.41, 5.74) is 1.70. The van der Waals surface area contributed by atoms with E-state index in [2.05, 4.69) is 41.5 Å². The van der Waals surface area contributed by atoms with Crippen molar-refractivity contribution in [2.24, 2.45) is 0 Å². The Hall–Kier alpha value is -1.84. The molecule has 0 aliphatic heterocycles. The number of esters is 1. The number of hydrogen-bond acceptors (Lipinski definition) is 3. The van der Waals surface area contributed by atoms with Crippen LogP contribution in [-0.4, -0.2) is 22.5 Å². The number of nitrogens with zero attached hydrogens (tertiary/aromatic N) is 1. The van der Waals surface area contributed by atoms with Gasteiger partial charge in [-0.25, -0.2) is 4.74 Å². The van der Waals surface area contributed by atoms with Gasteiger partial charge in [0.1, 0.15) is 5.75 Å². The molecule has 1 aromatic rings. The van der Waals surface area contributed by atoms with Crippen LogP contribution in [0.25, 0.3) is 0 Å². The van der Waals surface area contributed by atoms with Gasteiger partial charge in [-0.2, -0.15) is 0 Å². The molecule has 0 N–H and O–H groups in total. The molecule has 0 aliphatic rings. The number of ether oxygens (including phenoxy) is 1. The van der Waals surface area contributed by atoms with E-state index in [1.807, 2.05) is 32.9 Å². The van der Waals surface area contributed by atoms with Crippen molar-refractivity contribution in [2.75, 3.05) is 0 Å². The summed E-state index contributed by atoms with van der Waals surface area (Å²) in [6, 6.07) is 3.92. The number of carbonyl (C=O) groups excluding carboxylic acids is 1. The second kappa shape index (κ2) is 7.42. The molecule has 146 valence electrons. The van der Waals surface area contributed by atoms with E-state index in [4.69, 9.17) is 4.74 Å². The molecule has 0 amide bonds. The van der Waals surface area contributed by atoms with E-state index in [0.717, 1.165) is 21.4 Å². The van der Waals surface area contributed by atoms with E-state index in [-0.39, 0.29) is 16.8 Å². The molecule has 0 radical (unpaired) electrons. The monoisotopic (exact) mass is 361 g/mol. The molecule has 0 aromatic heterocycles. The molecule has 0 heterocycles. The molecule has 0 unspecified atom stereocenters.